The predicted molar refractivity (Wildman–Crippen MR) is 68.0 cm³/mol. The van der Waals surface area contributed by atoms with Gasteiger partial charge in [-0.15, -0.1) is 0 Å². The molecule has 0 N–H and O–H groups in total. The van der Waals surface area contributed by atoms with Crippen LogP contribution in [0, 0.1) is 17.8 Å². The number of aliphatic imine (C=N–C) groups is 1. The number of hydrogen-bond acceptors (Lipinski definition) is 2. The zero-order valence-corrected chi connectivity index (χ0v) is 11.5. The van der Waals surface area contributed by atoms with Crippen molar-refractivity contribution < 1.29 is 18.0 Å². The Hall–Kier alpha value is -0.520. The lowest BCUT2D eigenvalue weighted by Crippen LogP contribution is -2.43. The van der Waals surface area contributed by atoms with Crippen molar-refractivity contribution in [2.24, 2.45) is 22.7 Å². The second-order valence-electron chi connectivity index (χ2n) is 6.08. The normalized spacial score (nSPS) is 42.0. The summed E-state index contributed by atoms with van der Waals surface area (Å²) in [5, 5.41) is 0.391. The first kappa shape index (κ1) is 13.5. The van der Waals surface area contributed by atoms with E-state index in [9.17, 15) is 18.0 Å². The minimum atomic E-state index is -4.53. The van der Waals surface area contributed by atoms with Crippen LogP contribution in [0.25, 0.3) is 0 Å². The first-order valence-electron chi connectivity index (χ1n) is 6.67. The number of nitrogens with zero attached hydrogens (tertiary/aromatic N) is 1. The molecule has 3 rings (SSSR count). The Balaban J connectivity index is 1.68. The van der Waals surface area contributed by atoms with Gasteiger partial charge in [0.15, 0.2) is 4.75 Å². The molecule has 2 bridgehead atoms. The van der Waals surface area contributed by atoms with Gasteiger partial charge < -0.3 is 0 Å². The zero-order valence-electron chi connectivity index (χ0n) is 10.7. The number of fused-ring (bicyclic) bond motifs is 2. The summed E-state index contributed by atoms with van der Waals surface area (Å²) in [6, 6.07) is 0. The van der Waals surface area contributed by atoms with Gasteiger partial charge in [0.25, 0.3) is 5.91 Å². The van der Waals surface area contributed by atoms with Crippen molar-refractivity contribution in [3.63, 3.8) is 0 Å². The molecule has 0 aromatic heterocycles. The number of halogens is 3. The maximum absolute atomic E-state index is 12.9. The van der Waals surface area contributed by atoms with Gasteiger partial charge in [-0.05, 0) is 50.4 Å². The van der Waals surface area contributed by atoms with Crippen molar-refractivity contribution in [2.75, 3.05) is 0 Å². The van der Waals surface area contributed by atoms with Crippen molar-refractivity contribution in [3.8, 4) is 0 Å². The Bertz CT molecular complexity index is 448. The van der Waals surface area contributed by atoms with Gasteiger partial charge in [-0.2, -0.15) is 13.2 Å². The molecular formula is C13H16F3NOS. The Kier molecular flexibility index (Phi) is 3.00. The summed E-state index contributed by atoms with van der Waals surface area (Å²) < 4.78 is 36.4. The lowest BCUT2D eigenvalue weighted by atomic mass is 9.87. The number of amides is 1. The third kappa shape index (κ3) is 2.12. The fourth-order valence-corrected chi connectivity index (χ4v) is 4.79. The SMILES string of the molecule is C[C@]1(C(F)(F)F)SC(C[C@H]2C[C@@H]3CC[C@H]2C3)=NC1=O. The first-order valence-corrected chi connectivity index (χ1v) is 7.49. The molecular weight excluding hydrogens is 275 g/mol. The van der Waals surface area contributed by atoms with Gasteiger partial charge in [0, 0.05) is 0 Å². The highest BCUT2D eigenvalue weighted by Gasteiger charge is 2.61. The summed E-state index contributed by atoms with van der Waals surface area (Å²) in [6.45, 7) is 0.942. The molecule has 106 valence electrons. The van der Waals surface area contributed by atoms with Gasteiger partial charge >= 0.3 is 6.18 Å². The van der Waals surface area contributed by atoms with Crippen LogP contribution < -0.4 is 0 Å². The molecule has 19 heavy (non-hydrogen) atoms. The fraction of sp³-hybridized carbons (Fsp3) is 0.846. The minimum Gasteiger partial charge on any atom is -0.271 e. The van der Waals surface area contributed by atoms with E-state index >= 15 is 0 Å². The summed E-state index contributed by atoms with van der Waals surface area (Å²) in [4.78, 5) is 15.2. The van der Waals surface area contributed by atoms with Gasteiger partial charge in [0.05, 0.1) is 5.04 Å². The van der Waals surface area contributed by atoms with Crippen LogP contribution in [-0.4, -0.2) is 21.9 Å². The van der Waals surface area contributed by atoms with Crippen molar-refractivity contribution >= 4 is 22.7 Å². The molecule has 0 unspecified atom stereocenters. The number of rotatable bonds is 2. The van der Waals surface area contributed by atoms with Crippen LogP contribution in [0.15, 0.2) is 4.99 Å². The number of thioether (sulfide) groups is 1. The Morgan fingerprint density at radius 1 is 1.37 bits per heavy atom. The molecule has 2 fully saturated rings. The van der Waals surface area contributed by atoms with Crippen molar-refractivity contribution in [1.82, 2.24) is 0 Å². The topological polar surface area (TPSA) is 29.4 Å². The van der Waals surface area contributed by atoms with Crippen LogP contribution >= 0.6 is 11.8 Å². The summed E-state index contributed by atoms with van der Waals surface area (Å²) in [7, 11) is 0. The van der Waals surface area contributed by atoms with Crippen LogP contribution in [0.3, 0.4) is 0 Å². The van der Waals surface area contributed by atoms with Crippen molar-refractivity contribution in [2.45, 2.75) is 50.0 Å². The van der Waals surface area contributed by atoms with Gasteiger partial charge in [-0.3, -0.25) is 4.79 Å². The smallest absolute Gasteiger partial charge is 0.271 e. The molecule has 3 aliphatic rings. The van der Waals surface area contributed by atoms with E-state index in [1.54, 1.807) is 0 Å². The molecule has 0 radical (unpaired) electrons. The largest absolute Gasteiger partial charge is 0.412 e. The van der Waals surface area contributed by atoms with Crippen LogP contribution in [0.5, 0.6) is 0 Å². The third-order valence-corrected chi connectivity index (χ3v) is 6.13. The quantitative estimate of drug-likeness (QED) is 0.774. The van der Waals surface area contributed by atoms with E-state index in [1.165, 1.54) is 19.3 Å². The predicted octanol–water partition coefficient (Wildman–Crippen LogP) is 3.81. The molecule has 1 amide bonds. The van der Waals surface area contributed by atoms with E-state index in [0.717, 1.165) is 19.3 Å². The number of carbonyl (C=O) groups excluding carboxylic acids is 1. The molecule has 0 spiro atoms. The van der Waals surface area contributed by atoms with Crippen LogP contribution in [0.2, 0.25) is 0 Å². The molecule has 0 saturated heterocycles. The van der Waals surface area contributed by atoms with Gasteiger partial charge in [0.2, 0.25) is 0 Å². The average molecular weight is 291 g/mol. The summed E-state index contributed by atoms with van der Waals surface area (Å²) in [6.07, 6.45) is 0.796. The van der Waals surface area contributed by atoms with Crippen LogP contribution in [-0.2, 0) is 4.79 Å². The maximum atomic E-state index is 12.9. The lowest BCUT2D eigenvalue weighted by Gasteiger charge is -2.24. The van der Waals surface area contributed by atoms with Gasteiger partial charge in [-0.25, -0.2) is 4.99 Å². The van der Waals surface area contributed by atoms with Gasteiger partial charge in [0.1, 0.15) is 0 Å². The molecule has 1 aliphatic heterocycles. The summed E-state index contributed by atoms with van der Waals surface area (Å²) >= 11 is 0.618. The first-order chi connectivity index (χ1) is 8.79. The van der Waals surface area contributed by atoms with Crippen molar-refractivity contribution in [3.05, 3.63) is 0 Å². The molecule has 0 aromatic carbocycles. The maximum Gasteiger partial charge on any atom is 0.412 e. The molecule has 2 nitrogen and oxygen atoms in total. The Morgan fingerprint density at radius 3 is 2.58 bits per heavy atom. The molecule has 2 saturated carbocycles. The van der Waals surface area contributed by atoms with Crippen molar-refractivity contribution in [1.29, 1.82) is 0 Å². The van der Waals surface area contributed by atoms with Crippen LogP contribution in [0.4, 0.5) is 13.2 Å². The molecule has 6 heteroatoms. The van der Waals surface area contributed by atoms with E-state index in [2.05, 4.69) is 4.99 Å². The third-order valence-electron chi connectivity index (χ3n) is 4.82. The second-order valence-corrected chi connectivity index (χ2v) is 7.57. The summed E-state index contributed by atoms with van der Waals surface area (Å²) in [5.74, 6) is 0.796. The molecule has 2 aliphatic carbocycles. The lowest BCUT2D eigenvalue weighted by molar-refractivity contribution is -0.165. The van der Waals surface area contributed by atoms with E-state index < -0.39 is 16.8 Å². The fourth-order valence-electron chi connectivity index (χ4n) is 3.64. The molecule has 1 heterocycles. The van der Waals surface area contributed by atoms with E-state index in [4.69, 9.17) is 0 Å². The Labute approximate surface area is 114 Å². The number of carbonyl (C=O) groups is 1. The minimum absolute atomic E-state index is 0.391. The zero-order chi connectivity index (χ0) is 13.8. The molecule has 0 aromatic rings. The number of hydrogen-bond donors (Lipinski definition) is 0. The monoisotopic (exact) mass is 291 g/mol. The molecule has 4 atom stereocenters. The van der Waals surface area contributed by atoms with E-state index in [0.29, 0.717) is 35.1 Å². The van der Waals surface area contributed by atoms with Gasteiger partial charge in [-0.1, -0.05) is 18.2 Å². The van der Waals surface area contributed by atoms with Crippen LogP contribution in [0.1, 0.15) is 39.0 Å². The Morgan fingerprint density at radius 2 is 2.11 bits per heavy atom. The highest BCUT2D eigenvalue weighted by atomic mass is 32.2. The van der Waals surface area contributed by atoms with E-state index in [1.807, 2.05) is 0 Å². The average Bonchev–Trinajstić information content (AvgIpc) is 2.94. The second kappa shape index (κ2) is 4.24. The van der Waals surface area contributed by atoms with E-state index in [-0.39, 0.29) is 0 Å². The summed E-state index contributed by atoms with van der Waals surface area (Å²) in [5.41, 5.74) is 0. The highest BCUT2D eigenvalue weighted by Crippen LogP contribution is 2.52. The number of alkyl halides is 3. The highest BCUT2D eigenvalue weighted by molar-refractivity contribution is 8.16. The standard InChI is InChI=1S/C13H16F3NOS/c1-12(13(14,15)16)11(18)17-10(19-12)6-9-5-7-2-3-8(9)4-7/h7-9H,2-6H2,1H3/t7-,8+,9-,12+/m1/s1.